The van der Waals surface area contributed by atoms with Gasteiger partial charge < -0.3 is 18.2 Å². The first-order chi connectivity index (χ1) is 14.9. The lowest BCUT2D eigenvalue weighted by molar-refractivity contribution is -0.377. The molecular weight excluding hydrogens is 422 g/mol. The van der Waals surface area contributed by atoms with E-state index in [1.54, 1.807) is 6.07 Å². The molecule has 0 unspecified atom stereocenters. The average Bonchev–Trinajstić information content (AvgIpc) is 2.78. The molecule has 0 atom stereocenters. The molecule has 2 aromatic carbocycles. The normalized spacial score (nSPS) is 10.6. The number of methoxy groups -OCH3 is 1. The number of H-pyrrole nitrogens is 1. The van der Waals surface area contributed by atoms with Crippen molar-refractivity contribution in [2.75, 3.05) is 7.11 Å². The van der Waals surface area contributed by atoms with Gasteiger partial charge in [0.05, 0.1) is 7.11 Å². The van der Waals surface area contributed by atoms with Crippen LogP contribution in [0.2, 0.25) is 0 Å². The van der Waals surface area contributed by atoms with E-state index in [2.05, 4.69) is 13.9 Å². The van der Waals surface area contributed by atoms with Gasteiger partial charge in [-0.05, 0) is 29.3 Å². The minimum absolute atomic E-state index is 0.0819. The summed E-state index contributed by atoms with van der Waals surface area (Å²) in [6, 6.07) is 19.3. The average molecular weight is 443 g/mol. The van der Waals surface area contributed by atoms with E-state index in [-0.39, 0.29) is 18.1 Å². The second-order valence-corrected chi connectivity index (χ2v) is 6.89. The standard InChI is InChI=1S/C17H16O7S.C5H5N/c1-22-17(18)10-8-13-7-9-15(16(11-13)24-25(19,20)21)23-12-14-5-3-2-4-6-14;1-2-4-6-5-3-1/h2-11H,12H2,1H3,(H,19,20,21);1-5H/b10-8+;. The summed E-state index contributed by atoms with van der Waals surface area (Å²) in [5.74, 6) is -0.764. The molecule has 0 aliphatic rings. The quantitative estimate of drug-likeness (QED) is 0.239. The molecule has 0 spiro atoms. The molecule has 8 nitrogen and oxygen atoms in total. The molecule has 162 valence electrons. The first-order valence-corrected chi connectivity index (χ1v) is 10.3. The molecule has 31 heavy (non-hydrogen) atoms. The van der Waals surface area contributed by atoms with Crippen LogP contribution >= 0.6 is 0 Å². The Hall–Kier alpha value is -3.69. The van der Waals surface area contributed by atoms with Crippen LogP contribution in [-0.4, -0.2) is 26.0 Å². The van der Waals surface area contributed by atoms with Crippen molar-refractivity contribution in [3.63, 3.8) is 0 Å². The SMILES string of the molecule is COC(=O)/C=C/c1ccc(OCc2ccccc2)c(OS(=O)(=O)[O-])c1.c1cc[nH+]cc1. The maximum Gasteiger partial charge on any atom is 0.330 e. The smallest absolute Gasteiger partial charge is 0.330 e. The highest BCUT2D eigenvalue weighted by Crippen LogP contribution is 2.30. The van der Waals surface area contributed by atoms with Crippen LogP contribution in [0.1, 0.15) is 11.1 Å². The van der Waals surface area contributed by atoms with Crippen LogP contribution in [0.3, 0.4) is 0 Å². The minimum Gasteiger partial charge on any atom is -0.716 e. The second kappa shape index (κ2) is 12.1. The van der Waals surface area contributed by atoms with E-state index in [0.29, 0.717) is 5.56 Å². The fourth-order valence-corrected chi connectivity index (χ4v) is 2.58. The van der Waals surface area contributed by atoms with Crippen LogP contribution in [0, 0.1) is 0 Å². The largest absolute Gasteiger partial charge is 0.716 e. The molecule has 0 aliphatic carbocycles. The van der Waals surface area contributed by atoms with E-state index in [4.69, 9.17) is 4.74 Å². The van der Waals surface area contributed by atoms with Gasteiger partial charge in [0.25, 0.3) is 10.4 Å². The zero-order valence-electron chi connectivity index (χ0n) is 16.6. The van der Waals surface area contributed by atoms with E-state index in [9.17, 15) is 17.8 Å². The van der Waals surface area contributed by atoms with Crippen molar-refractivity contribution in [2.45, 2.75) is 6.61 Å². The summed E-state index contributed by atoms with van der Waals surface area (Å²) in [6.45, 7) is 0.160. The lowest BCUT2D eigenvalue weighted by Crippen LogP contribution is -2.09. The zero-order chi connectivity index (χ0) is 22.5. The Kier molecular flexibility index (Phi) is 9.21. The van der Waals surface area contributed by atoms with Crippen LogP contribution in [0.4, 0.5) is 0 Å². The highest BCUT2D eigenvalue weighted by atomic mass is 32.3. The van der Waals surface area contributed by atoms with E-state index in [1.165, 1.54) is 25.3 Å². The van der Waals surface area contributed by atoms with Crippen molar-refractivity contribution in [1.29, 1.82) is 0 Å². The number of nitrogens with one attached hydrogen (secondary N) is 1. The van der Waals surface area contributed by atoms with Gasteiger partial charge >= 0.3 is 5.97 Å². The Morgan fingerprint density at radius 1 is 1.00 bits per heavy atom. The minimum atomic E-state index is -4.98. The molecule has 3 aromatic rings. The Balaban J connectivity index is 0.000000488. The number of esters is 1. The van der Waals surface area contributed by atoms with Gasteiger partial charge in [-0.2, -0.15) is 0 Å². The van der Waals surface area contributed by atoms with Gasteiger partial charge in [0.2, 0.25) is 0 Å². The predicted octanol–water partition coefficient (Wildman–Crippen LogP) is 2.79. The summed E-state index contributed by atoms with van der Waals surface area (Å²) in [5, 5.41) is 0. The van der Waals surface area contributed by atoms with Gasteiger partial charge in [0.15, 0.2) is 23.9 Å². The second-order valence-electron chi connectivity index (χ2n) is 5.91. The Labute approximate surface area is 180 Å². The maximum atomic E-state index is 11.1. The number of aromatic amines is 1. The van der Waals surface area contributed by atoms with Crippen molar-refractivity contribution >= 4 is 22.4 Å². The van der Waals surface area contributed by atoms with Crippen LogP contribution in [0.5, 0.6) is 11.5 Å². The fraction of sp³-hybridized carbons (Fsp3) is 0.0909. The summed E-state index contributed by atoms with van der Waals surface area (Å²) in [6.07, 6.45) is 6.28. The third kappa shape index (κ3) is 9.57. The van der Waals surface area contributed by atoms with Crippen molar-refractivity contribution in [2.24, 2.45) is 0 Å². The number of ether oxygens (including phenoxy) is 2. The molecule has 0 aliphatic heterocycles. The lowest BCUT2D eigenvalue weighted by Gasteiger charge is -2.15. The number of carbonyl (C=O) groups excluding carboxylic acids is 1. The van der Waals surface area contributed by atoms with Crippen molar-refractivity contribution in [3.8, 4) is 11.5 Å². The molecule has 0 fully saturated rings. The summed E-state index contributed by atoms with van der Waals surface area (Å²) < 4.78 is 47.2. The number of rotatable bonds is 7. The van der Waals surface area contributed by atoms with E-state index >= 15 is 0 Å². The molecule has 0 bridgehead atoms. The van der Waals surface area contributed by atoms with E-state index in [0.717, 1.165) is 11.6 Å². The number of hydrogen-bond acceptors (Lipinski definition) is 7. The van der Waals surface area contributed by atoms with E-state index in [1.807, 2.05) is 60.9 Å². The van der Waals surface area contributed by atoms with Crippen molar-refractivity contribution in [3.05, 3.63) is 96.3 Å². The third-order valence-electron chi connectivity index (χ3n) is 3.62. The molecule has 0 radical (unpaired) electrons. The number of carbonyl (C=O) groups is 1. The first-order valence-electron chi connectivity index (χ1n) is 9.00. The topological polar surface area (TPSA) is 116 Å². The summed E-state index contributed by atoms with van der Waals surface area (Å²) in [5.41, 5.74) is 1.28. The van der Waals surface area contributed by atoms with E-state index < -0.39 is 16.4 Å². The highest BCUT2D eigenvalue weighted by molar-refractivity contribution is 7.81. The molecule has 0 saturated carbocycles. The molecule has 3 rings (SSSR count). The molecule has 0 saturated heterocycles. The molecule has 1 N–H and O–H groups in total. The monoisotopic (exact) mass is 443 g/mol. The molecule has 1 heterocycles. The summed E-state index contributed by atoms with van der Waals surface area (Å²) >= 11 is 0. The number of hydrogen-bond donors (Lipinski definition) is 0. The van der Waals surface area contributed by atoms with Crippen LogP contribution < -0.4 is 13.9 Å². The lowest BCUT2D eigenvalue weighted by atomic mass is 10.2. The predicted molar refractivity (Wildman–Crippen MR) is 112 cm³/mol. The van der Waals surface area contributed by atoms with Gasteiger partial charge in [-0.3, -0.25) is 0 Å². The molecular formula is C22H21NO7S. The van der Waals surface area contributed by atoms with Gasteiger partial charge in [0, 0.05) is 18.2 Å². The van der Waals surface area contributed by atoms with Gasteiger partial charge in [-0.25, -0.2) is 18.2 Å². The number of aromatic nitrogens is 1. The Morgan fingerprint density at radius 2 is 1.68 bits per heavy atom. The van der Waals surface area contributed by atoms with Gasteiger partial charge in [-0.1, -0.05) is 42.5 Å². The number of pyridine rings is 1. The van der Waals surface area contributed by atoms with Gasteiger partial charge in [-0.15, -0.1) is 0 Å². The van der Waals surface area contributed by atoms with Crippen LogP contribution in [-0.2, 0) is 26.5 Å². The molecule has 1 aromatic heterocycles. The maximum absolute atomic E-state index is 11.1. The van der Waals surface area contributed by atoms with Crippen molar-refractivity contribution in [1.82, 2.24) is 0 Å². The van der Waals surface area contributed by atoms with Crippen molar-refractivity contribution < 1.29 is 36.4 Å². The first kappa shape index (κ1) is 23.6. The Morgan fingerprint density at radius 3 is 2.23 bits per heavy atom. The zero-order valence-corrected chi connectivity index (χ0v) is 17.4. The molecule has 9 heteroatoms. The summed E-state index contributed by atoms with van der Waals surface area (Å²) in [4.78, 5) is 14.0. The van der Waals surface area contributed by atoms with Crippen LogP contribution in [0.25, 0.3) is 6.08 Å². The summed E-state index contributed by atoms with van der Waals surface area (Å²) in [7, 11) is -3.75. The third-order valence-corrected chi connectivity index (χ3v) is 4.00. The molecule has 0 amide bonds. The van der Waals surface area contributed by atoms with Gasteiger partial charge in [0.1, 0.15) is 6.61 Å². The Bertz CT molecular complexity index is 1060. The van der Waals surface area contributed by atoms with Crippen LogP contribution in [0.15, 0.2) is 85.2 Å². The highest BCUT2D eigenvalue weighted by Gasteiger charge is 2.10. The number of benzene rings is 2. The fourth-order valence-electron chi connectivity index (χ4n) is 2.23.